The van der Waals surface area contributed by atoms with Crippen LogP contribution >= 0.6 is 15.9 Å². The largest absolute Gasteiger partial charge is 0.379 e. The van der Waals surface area contributed by atoms with E-state index in [-0.39, 0.29) is 10.6 Å². The smallest absolute Gasteiger partial charge is 0.292 e. The van der Waals surface area contributed by atoms with Gasteiger partial charge in [-0.2, -0.15) is 0 Å². The van der Waals surface area contributed by atoms with E-state index in [9.17, 15) is 10.1 Å². The molecule has 0 radical (unpaired) electrons. The molecule has 126 valence electrons. The maximum Gasteiger partial charge on any atom is 0.292 e. The average molecular weight is 384 g/mol. The summed E-state index contributed by atoms with van der Waals surface area (Å²) >= 11 is 3.44. The molecule has 0 bridgehead atoms. The molecule has 1 aromatic carbocycles. The maximum atomic E-state index is 11.3. The molecular formula is C16H22BrN3O3. The van der Waals surface area contributed by atoms with Crippen molar-refractivity contribution in [2.24, 2.45) is 5.92 Å². The molecule has 0 saturated carbocycles. The highest BCUT2D eigenvalue weighted by atomic mass is 79.9. The predicted molar refractivity (Wildman–Crippen MR) is 93.0 cm³/mol. The molecular weight excluding hydrogens is 362 g/mol. The molecule has 23 heavy (non-hydrogen) atoms. The van der Waals surface area contributed by atoms with Crippen molar-refractivity contribution >= 4 is 27.3 Å². The number of nitro benzene ring substituents is 1. The van der Waals surface area contributed by atoms with Crippen molar-refractivity contribution in [3.8, 4) is 0 Å². The van der Waals surface area contributed by atoms with Gasteiger partial charge in [0.2, 0.25) is 0 Å². The normalized spacial score (nSPS) is 23.0. The van der Waals surface area contributed by atoms with Gasteiger partial charge in [-0.1, -0.05) is 15.9 Å². The Morgan fingerprint density at radius 3 is 2.83 bits per heavy atom. The summed E-state index contributed by atoms with van der Waals surface area (Å²) in [6.07, 6.45) is 2.27. The Kier molecular flexibility index (Phi) is 5.50. The first kappa shape index (κ1) is 16.7. The molecule has 7 heteroatoms. The summed E-state index contributed by atoms with van der Waals surface area (Å²) in [4.78, 5) is 15.7. The summed E-state index contributed by atoms with van der Waals surface area (Å²) in [6, 6.07) is 5.19. The molecule has 2 aliphatic rings. The van der Waals surface area contributed by atoms with Crippen LogP contribution in [0, 0.1) is 16.0 Å². The molecule has 0 aromatic heterocycles. The van der Waals surface area contributed by atoms with Crippen LogP contribution in [0.1, 0.15) is 12.8 Å². The molecule has 2 saturated heterocycles. The van der Waals surface area contributed by atoms with Gasteiger partial charge in [0.15, 0.2) is 0 Å². The Hall–Kier alpha value is -1.18. The Morgan fingerprint density at radius 1 is 1.30 bits per heavy atom. The van der Waals surface area contributed by atoms with Gasteiger partial charge in [0, 0.05) is 43.3 Å². The highest BCUT2D eigenvalue weighted by Crippen LogP contribution is 2.34. The number of morpholine rings is 1. The van der Waals surface area contributed by atoms with Crippen molar-refractivity contribution in [1.82, 2.24) is 4.90 Å². The minimum absolute atomic E-state index is 0.195. The molecule has 6 nitrogen and oxygen atoms in total. The fourth-order valence-corrected chi connectivity index (χ4v) is 3.84. The predicted octanol–water partition coefficient (Wildman–Crippen LogP) is 2.91. The van der Waals surface area contributed by atoms with E-state index in [1.807, 2.05) is 6.07 Å². The van der Waals surface area contributed by atoms with E-state index in [2.05, 4.69) is 25.7 Å². The highest BCUT2D eigenvalue weighted by molar-refractivity contribution is 9.10. The average Bonchev–Trinajstić information content (AvgIpc) is 2.55. The lowest BCUT2D eigenvalue weighted by molar-refractivity contribution is -0.384. The van der Waals surface area contributed by atoms with Gasteiger partial charge in [-0.15, -0.1) is 0 Å². The standard InChI is InChI=1S/C16H22BrN3O3/c17-14-3-4-15(20(21)22)16(10-14)19-5-1-2-13(12-19)11-18-6-8-23-9-7-18/h3-4,10,13H,1-2,5-9,11-12H2. The van der Waals surface area contributed by atoms with Gasteiger partial charge < -0.3 is 9.64 Å². The molecule has 2 fully saturated rings. The summed E-state index contributed by atoms with van der Waals surface area (Å²) in [5.41, 5.74) is 0.927. The summed E-state index contributed by atoms with van der Waals surface area (Å²) in [5, 5.41) is 11.3. The Balaban J connectivity index is 1.70. The van der Waals surface area contributed by atoms with E-state index in [0.29, 0.717) is 5.92 Å². The zero-order valence-corrected chi connectivity index (χ0v) is 14.7. The quantitative estimate of drug-likeness (QED) is 0.590. The molecule has 0 aliphatic carbocycles. The third-order valence-electron chi connectivity index (χ3n) is 4.61. The van der Waals surface area contributed by atoms with Crippen LogP contribution in [-0.4, -0.2) is 55.8 Å². The highest BCUT2D eigenvalue weighted by Gasteiger charge is 2.27. The van der Waals surface area contributed by atoms with Crippen LogP contribution in [0.15, 0.2) is 22.7 Å². The van der Waals surface area contributed by atoms with E-state index in [0.717, 1.165) is 62.5 Å². The third-order valence-corrected chi connectivity index (χ3v) is 5.11. The lowest BCUT2D eigenvalue weighted by Crippen LogP contribution is -2.44. The number of hydrogen-bond acceptors (Lipinski definition) is 5. The first-order valence-electron chi connectivity index (χ1n) is 8.12. The minimum Gasteiger partial charge on any atom is -0.379 e. The molecule has 1 atom stereocenters. The Morgan fingerprint density at radius 2 is 2.09 bits per heavy atom. The fourth-order valence-electron chi connectivity index (χ4n) is 3.49. The van der Waals surface area contributed by atoms with E-state index in [4.69, 9.17) is 4.74 Å². The van der Waals surface area contributed by atoms with Crippen LogP contribution in [0.4, 0.5) is 11.4 Å². The van der Waals surface area contributed by atoms with Gasteiger partial charge in [0.25, 0.3) is 5.69 Å². The van der Waals surface area contributed by atoms with Crippen molar-refractivity contribution in [2.75, 3.05) is 50.8 Å². The van der Waals surface area contributed by atoms with Crippen molar-refractivity contribution in [3.63, 3.8) is 0 Å². The van der Waals surface area contributed by atoms with Gasteiger partial charge in [0.05, 0.1) is 18.1 Å². The lowest BCUT2D eigenvalue weighted by Gasteiger charge is -2.37. The molecule has 0 amide bonds. The van der Waals surface area contributed by atoms with Gasteiger partial charge in [-0.05, 0) is 30.9 Å². The van der Waals surface area contributed by atoms with Gasteiger partial charge in [-0.25, -0.2) is 0 Å². The van der Waals surface area contributed by atoms with E-state index in [1.54, 1.807) is 12.1 Å². The number of piperidine rings is 1. The first-order valence-corrected chi connectivity index (χ1v) is 8.92. The second-order valence-corrected chi connectivity index (χ2v) is 7.17. The van der Waals surface area contributed by atoms with Crippen LogP contribution < -0.4 is 4.90 Å². The summed E-state index contributed by atoms with van der Waals surface area (Å²) in [7, 11) is 0. The molecule has 1 unspecified atom stereocenters. The topological polar surface area (TPSA) is 58.9 Å². The van der Waals surface area contributed by atoms with E-state index in [1.165, 1.54) is 6.42 Å². The van der Waals surface area contributed by atoms with Crippen LogP contribution in [-0.2, 0) is 4.74 Å². The molecule has 0 N–H and O–H groups in total. The Labute approximate surface area is 144 Å². The zero-order valence-electron chi connectivity index (χ0n) is 13.1. The second kappa shape index (κ2) is 7.59. The maximum absolute atomic E-state index is 11.3. The molecule has 2 heterocycles. The third kappa shape index (κ3) is 4.22. The number of hydrogen-bond donors (Lipinski definition) is 0. The first-order chi connectivity index (χ1) is 11.1. The fraction of sp³-hybridized carbons (Fsp3) is 0.625. The monoisotopic (exact) mass is 383 g/mol. The molecule has 2 aliphatic heterocycles. The van der Waals surface area contributed by atoms with Crippen LogP contribution in [0.2, 0.25) is 0 Å². The van der Waals surface area contributed by atoms with Crippen molar-refractivity contribution in [1.29, 1.82) is 0 Å². The van der Waals surface area contributed by atoms with Gasteiger partial charge >= 0.3 is 0 Å². The van der Waals surface area contributed by atoms with E-state index >= 15 is 0 Å². The van der Waals surface area contributed by atoms with Crippen molar-refractivity contribution in [2.45, 2.75) is 12.8 Å². The number of rotatable bonds is 4. The molecule has 0 spiro atoms. The SMILES string of the molecule is O=[N+]([O-])c1ccc(Br)cc1N1CCCC(CN2CCOCC2)C1. The number of nitro groups is 1. The van der Waals surface area contributed by atoms with E-state index < -0.39 is 0 Å². The zero-order chi connectivity index (χ0) is 16.2. The summed E-state index contributed by atoms with van der Waals surface area (Å²) < 4.78 is 6.29. The molecule has 3 rings (SSSR count). The van der Waals surface area contributed by atoms with Crippen molar-refractivity contribution in [3.05, 3.63) is 32.8 Å². The number of benzene rings is 1. The number of halogens is 1. The van der Waals surface area contributed by atoms with Crippen LogP contribution in [0.5, 0.6) is 0 Å². The second-order valence-electron chi connectivity index (χ2n) is 6.26. The summed E-state index contributed by atoms with van der Waals surface area (Å²) in [5.74, 6) is 0.556. The number of anilines is 1. The summed E-state index contributed by atoms with van der Waals surface area (Å²) in [6.45, 7) is 6.44. The minimum atomic E-state index is -0.284. The van der Waals surface area contributed by atoms with Crippen molar-refractivity contribution < 1.29 is 9.66 Å². The van der Waals surface area contributed by atoms with Gasteiger partial charge in [-0.3, -0.25) is 15.0 Å². The Bertz CT molecular complexity index is 564. The number of nitrogens with zero attached hydrogens (tertiary/aromatic N) is 3. The number of ether oxygens (including phenoxy) is 1. The molecule has 1 aromatic rings. The van der Waals surface area contributed by atoms with Crippen LogP contribution in [0.25, 0.3) is 0 Å². The van der Waals surface area contributed by atoms with Gasteiger partial charge in [0.1, 0.15) is 5.69 Å². The van der Waals surface area contributed by atoms with Crippen LogP contribution in [0.3, 0.4) is 0 Å². The lowest BCUT2D eigenvalue weighted by atomic mass is 9.96.